The van der Waals surface area contributed by atoms with Crippen LogP contribution in [0.5, 0.6) is 0 Å². The van der Waals surface area contributed by atoms with Gasteiger partial charge >= 0.3 is 146 Å². The van der Waals surface area contributed by atoms with Crippen LogP contribution in [0.3, 0.4) is 0 Å². The van der Waals surface area contributed by atoms with E-state index in [0.717, 1.165) is 8.52 Å². The molecule has 2 aromatic carbocycles. The van der Waals surface area contributed by atoms with Crippen LogP contribution in [0.4, 0.5) is 8.78 Å². The van der Waals surface area contributed by atoms with Crippen LogP contribution in [0.25, 0.3) is 19.3 Å². The van der Waals surface area contributed by atoms with Gasteiger partial charge in [0, 0.05) is 0 Å². The summed E-state index contributed by atoms with van der Waals surface area (Å²) < 4.78 is 31.4. The van der Waals surface area contributed by atoms with Crippen LogP contribution in [0.2, 0.25) is 0 Å². The molecule has 24 heavy (non-hydrogen) atoms. The molecule has 0 saturated heterocycles. The molecule has 122 valence electrons. The van der Waals surface area contributed by atoms with Crippen molar-refractivity contribution in [1.82, 2.24) is 7.12 Å². The average molecular weight is 458 g/mol. The van der Waals surface area contributed by atoms with E-state index >= 15 is 0 Å². The Morgan fingerprint density at radius 3 is 1.58 bits per heavy atom. The summed E-state index contributed by atoms with van der Waals surface area (Å²) in [7, 11) is 0. The molecule has 4 nitrogen and oxygen atoms in total. The number of aryl methyl sites for hydroxylation is 2. The maximum absolute atomic E-state index is 13.3. The van der Waals surface area contributed by atoms with Crippen LogP contribution in [-0.4, -0.2) is 36.6 Å². The molecule has 0 saturated carbocycles. The standard InChI is InChI=1S/C16H10F2N2O2Se2/c17-9-1-3-11-13(7-9)23-19(15(11)21)5-6-20-16(22)12-4-2-10(18)8-14(12)24-20/h1-4,7-8H,5-6H2. The van der Waals surface area contributed by atoms with E-state index < -0.39 is 0 Å². The van der Waals surface area contributed by atoms with E-state index in [4.69, 9.17) is 0 Å². The summed E-state index contributed by atoms with van der Waals surface area (Å²) in [5.74, 6) is -0.693. The molecule has 4 aromatic rings. The van der Waals surface area contributed by atoms with E-state index in [1.165, 1.54) is 36.4 Å². The second-order valence-electron chi connectivity index (χ2n) is 5.28. The van der Waals surface area contributed by atoms with Crippen molar-refractivity contribution in [3.63, 3.8) is 0 Å². The van der Waals surface area contributed by atoms with Gasteiger partial charge in [-0.1, -0.05) is 0 Å². The number of fused-ring (bicyclic) bond motifs is 2. The number of rotatable bonds is 3. The van der Waals surface area contributed by atoms with Crippen molar-refractivity contribution in [2.75, 3.05) is 0 Å². The number of benzene rings is 2. The molecule has 0 N–H and O–H groups in total. The molecule has 0 amide bonds. The van der Waals surface area contributed by atoms with Gasteiger partial charge in [0.05, 0.1) is 0 Å². The van der Waals surface area contributed by atoms with E-state index in [0.29, 0.717) is 23.9 Å². The van der Waals surface area contributed by atoms with Gasteiger partial charge in [0.15, 0.2) is 0 Å². The predicted molar refractivity (Wildman–Crippen MR) is 90.2 cm³/mol. The van der Waals surface area contributed by atoms with Crippen LogP contribution >= 0.6 is 0 Å². The van der Waals surface area contributed by atoms with Crippen molar-refractivity contribution in [3.05, 3.63) is 68.7 Å². The zero-order chi connectivity index (χ0) is 16.8. The van der Waals surface area contributed by atoms with Crippen LogP contribution < -0.4 is 11.1 Å². The van der Waals surface area contributed by atoms with E-state index in [-0.39, 0.29) is 52.2 Å². The molecule has 0 aliphatic carbocycles. The molecule has 0 bridgehead atoms. The number of hydrogen-bond donors (Lipinski definition) is 0. The van der Waals surface area contributed by atoms with Gasteiger partial charge in [-0.15, -0.1) is 0 Å². The molecule has 0 atom stereocenters. The minimum absolute atomic E-state index is 0.118. The van der Waals surface area contributed by atoms with Crippen LogP contribution in [-0.2, 0) is 13.1 Å². The van der Waals surface area contributed by atoms with Crippen molar-refractivity contribution >= 4 is 48.8 Å². The molecule has 2 aromatic heterocycles. The molecule has 0 unspecified atom stereocenters. The van der Waals surface area contributed by atoms with Crippen molar-refractivity contribution < 1.29 is 8.78 Å². The van der Waals surface area contributed by atoms with Crippen molar-refractivity contribution in [1.29, 1.82) is 0 Å². The van der Waals surface area contributed by atoms with Crippen molar-refractivity contribution in [2.24, 2.45) is 0 Å². The fourth-order valence-corrected chi connectivity index (χ4v) is 6.80. The summed E-state index contributed by atoms with van der Waals surface area (Å²) in [4.78, 5) is 24.7. The Kier molecular flexibility index (Phi) is 3.93. The number of nitrogens with zero attached hydrogens (tertiary/aromatic N) is 2. The summed E-state index contributed by atoms with van der Waals surface area (Å²) in [6.45, 7) is 0.804. The SMILES string of the molecule is O=c1c2ccc(F)cc2[se]n1CCn1[se]c2cc(F)ccc2c1=O. The number of halogens is 2. The Morgan fingerprint density at radius 1 is 0.750 bits per heavy atom. The third-order valence-electron chi connectivity index (χ3n) is 3.72. The van der Waals surface area contributed by atoms with Crippen LogP contribution in [0.15, 0.2) is 46.0 Å². The van der Waals surface area contributed by atoms with Crippen LogP contribution in [0.1, 0.15) is 0 Å². The molecule has 0 fully saturated rings. The van der Waals surface area contributed by atoms with Gasteiger partial charge in [0.2, 0.25) is 0 Å². The molecular weight excluding hydrogens is 448 g/mol. The predicted octanol–water partition coefficient (Wildman–Crippen LogP) is 1.41. The first kappa shape index (κ1) is 15.8. The molecule has 0 aliphatic rings. The minimum atomic E-state index is -0.346. The maximum atomic E-state index is 13.3. The van der Waals surface area contributed by atoms with Gasteiger partial charge < -0.3 is 0 Å². The van der Waals surface area contributed by atoms with E-state index in [2.05, 4.69) is 0 Å². The normalized spacial score (nSPS) is 11.6. The van der Waals surface area contributed by atoms with Crippen LogP contribution in [0, 0.1) is 11.6 Å². The van der Waals surface area contributed by atoms with Crippen molar-refractivity contribution in [2.45, 2.75) is 13.1 Å². The Morgan fingerprint density at radius 2 is 1.17 bits per heavy atom. The topological polar surface area (TPSA) is 44.0 Å². The zero-order valence-corrected chi connectivity index (χ0v) is 15.6. The summed E-state index contributed by atoms with van der Waals surface area (Å²) in [5.41, 5.74) is -0.236. The molecule has 4 rings (SSSR count). The Bertz CT molecular complexity index is 1090. The molecule has 8 heteroatoms. The molecule has 0 aliphatic heterocycles. The second-order valence-corrected chi connectivity index (χ2v) is 9.74. The molecule has 2 heterocycles. The fraction of sp³-hybridized carbons (Fsp3) is 0.125. The average Bonchev–Trinajstić information content (AvgIpc) is 3.02. The Hall–Kier alpha value is -1.72. The number of aromatic nitrogens is 2. The third-order valence-corrected chi connectivity index (χ3v) is 8.35. The van der Waals surface area contributed by atoms with Gasteiger partial charge in [-0.3, -0.25) is 0 Å². The van der Waals surface area contributed by atoms with Gasteiger partial charge in [-0.25, -0.2) is 0 Å². The summed E-state index contributed by atoms with van der Waals surface area (Å²) >= 11 is -0.549. The second kappa shape index (κ2) is 5.97. The number of hydrogen-bond acceptors (Lipinski definition) is 2. The van der Waals surface area contributed by atoms with E-state index in [1.807, 2.05) is 0 Å². The van der Waals surface area contributed by atoms with Gasteiger partial charge in [-0.05, 0) is 0 Å². The molecular formula is C16H10F2N2O2Se2. The fourth-order valence-electron chi connectivity index (χ4n) is 2.56. The van der Waals surface area contributed by atoms with E-state index in [1.54, 1.807) is 7.12 Å². The zero-order valence-electron chi connectivity index (χ0n) is 12.2. The van der Waals surface area contributed by atoms with Gasteiger partial charge in [-0.2, -0.15) is 0 Å². The van der Waals surface area contributed by atoms with E-state index in [9.17, 15) is 18.4 Å². The first-order valence-corrected chi connectivity index (χ1v) is 10.4. The first-order valence-electron chi connectivity index (χ1n) is 7.12. The third kappa shape index (κ3) is 2.66. The Balaban J connectivity index is 1.68. The summed E-state index contributed by atoms with van der Waals surface area (Å²) in [5, 5.41) is 1.08. The quantitative estimate of drug-likeness (QED) is 0.436. The van der Waals surface area contributed by atoms with Crippen molar-refractivity contribution in [3.8, 4) is 0 Å². The Labute approximate surface area is 146 Å². The van der Waals surface area contributed by atoms with Gasteiger partial charge in [0.1, 0.15) is 0 Å². The monoisotopic (exact) mass is 460 g/mol. The first-order chi connectivity index (χ1) is 11.5. The van der Waals surface area contributed by atoms with Gasteiger partial charge in [0.25, 0.3) is 0 Å². The molecule has 0 radical (unpaired) electrons. The summed E-state index contributed by atoms with van der Waals surface area (Å²) in [6, 6.07) is 8.40. The molecule has 0 spiro atoms. The summed E-state index contributed by atoms with van der Waals surface area (Å²) in [6.07, 6.45) is 0.